The second kappa shape index (κ2) is 4.48. The zero-order valence-corrected chi connectivity index (χ0v) is 10.4. The van der Waals surface area contributed by atoms with E-state index in [1.165, 1.54) is 11.6 Å². The number of nitrogens with one attached hydrogen (secondary N) is 1. The van der Waals surface area contributed by atoms with Crippen molar-refractivity contribution in [2.45, 2.75) is 32.2 Å². The largest absolute Gasteiger partial charge is 0.469 e. The number of fused-ring (bicyclic) bond motifs is 1. The van der Waals surface area contributed by atoms with Gasteiger partial charge in [-0.25, -0.2) is 4.39 Å². The molecule has 18 heavy (non-hydrogen) atoms. The van der Waals surface area contributed by atoms with Crippen LogP contribution < -0.4 is 5.32 Å². The lowest BCUT2D eigenvalue weighted by Gasteiger charge is -2.24. The lowest BCUT2D eigenvalue weighted by atomic mass is 9.93. The molecule has 1 unspecified atom stereocenters. The number of halogens is 1. The fraction of sp³-hybridized carbons (Fsp3) is 0.333. The molecule has 3 rings (SSSR count). The normalized spacial score (nSPS) is 18.4. The topological polar surface area (TPSA) is 25.2 Å². The summed E-state index contributed by atoms with van der Waals surface area (Å²) in [6.45, 7) is 1.99. The monoisotopic (exact) mass is 245 g/mol. The number of hydrogen-bond acceptors (Lipinski definition) is 2. The molecule has 0 saturated heterocycles. The molecule has 0 aliphatic heterocycles. The molecule has 1 heterocycles. The van der Waals surface area contributed by atoms with E-state index in [-0.39, 0.29) is 11.9 Å². The highest BCUT2D eigenvalue weighted by Gasteiger charge is 2.22. The summed E-state index contributed by atoms with van der Waals surface area (Å²) in [4.78, 5) is 0. The highest BCUT2D eigenvalue weighted by Crippen LogP contribution is 2.34. The van der Waals surface area contributed by atoms with Gasteiger partial charge in [-0.05, 0) is 43.5 Å². The minimum Gasteiger partial charge on any atom is -0.469 e. The second-order valence-electron chi connectivity index (χ2n) is 4.85. The molecule has 1 N–H and O–H groups in total. The SMILES string of the molecule is Cc1ccc(F)cc1NC1CCCc2occc21. The van der Waals surface area contributed by atoms with Crippen LogP contribution in [-0.2, 0) is 6.42 Å². The molecule has 0 fully saturated rings. The van der Waals surface area contributed by atoms with E-state index in [9.17, 15) is 4.39 Å². The van der Waals surface area contributed by atoms with Crippen molar-refractivity contribution in [3.63, 3.8) is 0 Å². The van der Waals surface area contributed by atoms with Crippen LogP contribution >= 0.6 is 0 Å². The van der Waals surface area contributed by atoms with Gasteiger partial charge in [-0.2, -0.15) is 0 Å². The van der Waals surface area contributed by atoms with Crippen LogP contribution in [0.5, 0.6) is 0 Å². The molecule has 0 saturated carbocycles. The Hall–Kier alpha value is -1.77. The van der Waals surface area contributed by atoms with Crippen LogP contribution in [0.15, 0.2) is 34.9 Å². The molecule has 0 radical (unpaired) electrons. The molecule has 1 aromatic heterocycles. The predicted molar refractivity (Wildman–Crippen MR) is 69.1 cm³/mol. The Kier molecular flexibility index (Phi) is 2.82. The summed E-state index contributed by atoms with van der Waals surface area (Å²) in [6.07, 6.45) is 4.90. The van der Waals surface area contributed by atoms with Crippen LogP contribution in [0.1, 0.15) is 35.8 Å². The molecular weight excluding hydrogens is 229 g/mol. The van der Waals surface area contributed by atoms with Gasteiger partial charge in [-0.3, -0.25) is 0 Å². The fourth-order valence-corrected chi connectivity index (χ4v) is 2.57. The Morgan fingerprint density at radius 2 is 2.22 bits per heavy atom. The average Bonchev–Trinajstić information content (AvgIpc) is 2.83. The summed E-state index contributed by atoms with van der Waals surface area (Å²) in [7, 11) is 0. The molecule has 2 nitrogen and oxygen atoms in total. The Balaban J connectivity index is 1.88. The van der Waals surface area contributed by atoms with Crippen molar-refractivity contribution in [3.8, 4) is 0 Å². The van der Waals surface area contributed by atoms with Crippen molar-refractivity contribution >= 4 is 5.69 Å². The maximum Gasteiger partial charge on any atom is 0.125 e. The number of furan rings is 1. The highest BCUT2D eigenvalue weighted by atomic mass is 19.1. The lowest BCUT2D eigenvalue weighted by molar-refractivity contribution is 0.461. The minimum atomic E-state index is -0.202. The van der Waals surface area contributed by atoms with Gasteiger partial charge in [0.25, 0.3) is 0 Å². The Morgan fingerprint density at radius 1 is 1.33 bits per heavy atom. The maximum absolute atomic E-state index is 13.3. The first-order valence-electron chi connectivity index (χ1n) is 6.33. The van der Waals surface area contributed by atoms with Crippen molar-refractivity contribution < 1.29 is 8.81 Å². The predicted octanol–water partition coefficient (Wildman–Crippen LogP) is 4.22. The maximum atomic E-state index is 13.3. The van der Waals surface area contributed by atoms with Crippen LogP contribution in [0.2, 0.25) is 0 Å². The molecule has 0 bridgehead atoms. The molecule has 1 aliphatic carbocycles. The van der Waals surface area contributed by atoms with Crippen molar-refractivity contribution in [2.24, 2.45) is 0 Å². The molecule has 0 spiro atoms. The zero-order valence-electron chi connectivity index (χ0n) is 10.4. The van der Waals surface area contributed by atoms with Gasteiger partial charge in [0.2, 0.25) is 0 Å². The summed E-state index contributed by atoms with van der Waals surface area (Å²) >= 11 is 0. The van der Waals surface area contributed by atoms with Crippen molar-refractivity contribution in [1.29, 1.82) is 0 Å². The highest BCUT2D eigenvalue weighted by molar-refractivity contribution is 5.52. The zero-order chi connectivity index (χ0) is 12.5. The summed E-state index contributed by atoms with van der Waals surface area (Å²) in [5.74, 6) is 0.860. The average molecular weight is 245 g/mol. The number of benzene rings is 1. The lowest BCUT2D eigenvalue weighted by Crippen LogP contribution is -2.16. The Morgan fingerprint density at radius 3 is 3.11 bits per heavy atom. The van der Waals surface area contributed by atoms with E-state index in [0.717, 1.165) is 36.3 Å². The van der Waals surface area contributed by atoms with E-state index in [2.05, 4.69) is 5.32 Å². The van der Waals surface area contributed by atoms with Crippen LogP contribution in [-0.4, -0.2) is 0 Å². The number of anilines is 1. The van der Waals surface area contributed by atoms with E-state index in [1.54, 1.807) is 18.4 Å². The summed E-state index contributed by atoms with van der Waals surface area (Å²) in [5, 5.41) is 3.43. The quantitative estimate of drug-likeness (QED) is 0.857. The van der Waals surface area contributed by atoms with Crippen LogP contribution in [0.25, 0.3) is 0 Å². The molecule has 2 aromatic rings. The second-order valence-corrected chi connectivity index (χ2v) is 4.85. The third-order valence-electron chi connectivity index (χ3n) is 3.58. The van der Waals surface area contributed by atoms with Gasteiger partial charge in [-0.15, -0.1) is 0 Å². The summed E-state index contributed by atoms with van der Waals surface area (Å²) < 4.78 is 18.7. The van der Waals surface area contributed by atoms with E-state index >= 15 is 0 Å². The molecular formula is C15H16FNO. The summed E-state index contributed by atoms with van der Waals surface area (Å²) in [6, 6.07) is 7.10. The van der Waals surface area contributed by atoms with Crippen molar-refractivity contribution in [2.75, 3.05) is 5.32 Å². The first kappa shape index (κ1) is 11.3. The van der Waals surface area contributed by atoms with Gasteiger partial charge < -0.3 is 9.73 Å². The molecule has 0 amide bonds. The van der Waals surface area contributed by atoms with E-state index in [4.69, 9.17) is 4.42 Å². The van der Waals surface area contributed by atoms with Gasteiger partial charge in [0.1, 0.15) is 11.6 Å². The molecule has 94 valence electrons. The van der Waals surface area contributed by atoms with Gasteiger partial charge in [-0.1, -0.05) is 6.07 Å². The number of aryl methyl sites for hydroxylation is 2. The van der Waals surface area contributed by atoms with Gasteiger partial charge in [0.15, 0.2) is 0 Å². The number of rotatable bonds is 2. The van der Waals surface area contributed by atoms with Gasteiger partial charge in [0.05, 0.1) is 12.3 Å². The van der Waals surface area contributed by atoms with E-state index < -0.39 is 0 Å². The fourth-order valence-electron chi connectivity index (χ4n) is 2.57. The van der Waals surface area contributed by atoms with Crippen LogP contribution in [0.3, 0.4) is 0 Å². The molecule has 1 atom stereocenters. The molecule has 1 aliphatic rings. The first-order chi connectivity index (χ1) is 8.74. The van der Waals surface area contributed by atoms with Gasteiger partial charge in [0, 0.05) is 17.7 Å². The summed E-state index contributed by atoms with van der Waals surface area (Å²) in [5.41, 5.74) is 3.14. The first-order valence-corrected chi connectivity index (χ1v) is 6.33. The van der Waals surface area contributed by atoms with Crippen LogP contribution in [0, 0.1) is 12.7 Å². The third-order valence-corrected chi connectivity index (χ3v) is 3.58. The van der Waals surface area contributed by atoms with Crippen LogP contribution in [0.4, 0.5) is 10.1 Å². The third kappa shape index (κ3) is 2.01. The van der Waals surface area contributed by atoms with E-state index in [1.807, 2.05) is 13.0 Å². The van der Waals surface area contributed by atoms with Crippen molar-refractivity contribution in [1.82, 2.24) is 0 Å². The number of hydrogen-bond donors (Lipinski definition) is 1. The standard InChI is InChI=1S/C15H16FNO/c1-10-5-6-11(16)9-14(10)17-13-3-2-4-15-12(13)7-8-18-15/h5-9,13,17H,2-4H2,1H3. The van der Waals surface area contributed by atoms with E-state index in [0.29, 0.717) is 0 Å². The minimum absolute atomic E-state index is 0.202. The molecule has 1 aromatic carbocycles. The Labute approximate surface area is 106 Å². The van der Waals surface area contributed by atoms with Gasteiger partial charge >= 0.3 is 0 Å². The smallest absolute Gasteiger partial charge is 0.125 e. The van der Waals surface area contributed by atoms with Crippen molar-refractivity contribution in [3.05, 3.63) is 53.2 Å². The Bertz CT molecular complexity index is 561. The molecule has 3 heteroatoms.